The van der Waals surface area contributed by atoms with E-state index in [0.717, 1.165) is 22.4 Å². The maximum absolute atomic E-state index is 11.7. The van der Waals surface area contributed by atoms with E-state index in [4.69, 9.17) is 9.52 Å². The highest BCUT2D eigenvalue weighted by atomic mass is 32.2. The second-order valence-electron chi connectivity index (χ2n) is 5.69. The number of furan rings is 1. The van der Waals surface area contributed by atoms with Gasteiger partial charge < -0.3 is 14.8 Å². The molecule has 0 aliphatic carbocycles. The Kier molecular flexibility index (Phi) is 6.67. The molecule has 0 spiro atoms. The van der Waals surface area contributed by atoms with Gasteiger partial charge in [0.25, 0.3) is 5.69 Å². The highest BCUT2D eigenvalue weighted by Crippen LogP contribution is 2.29. The second-order valence-corrected chi connectivity index (χ2v) is 7.90. The van der Waals surface area contributed by atoms with Gasteiger partial charge in [-0.2, -0.15) is 5.10 Å². The van der Waals surface area contributed by atoms with Crippen LogP contribution in [0.4, 0.5) is 5.69 Å². The monoisotopic (exact) mass is 434 g/mol. The van der Waals surface area contributed by atoms with E-state index < -0.39 is 22.0 Å². The van der Waals surface area contributed by atoms with Crippen LogP contribution in [-0.4, -0.2) is 38.5 Å². The summed E-state index contributed by atoms with van der Waals surface area (Å²) in [4.78, 5) is 33.8. The Balaban J connectivity index is 1.75. The lowest BCUT2D eigenvalue weighted by Gasteiger charge is -2.04. The van der Waals surface area contributed by atoms with Gasteiger partial charge in [-0.15, -0.1) is 16.9 Å². The van der Waals surface area contributed by atoms with Gasteiger partial charge in [-0.25, -0.2) is 0 Å². The molecule has 0 radical (unpaired) electrons. The average molecular weight is 434 g/mol. The lowest BCUT2D eigenvalue weighted by Crippen LogP contribution is -2.26. The smallest absolute Gasteiger partial charge is 0.305 e. The maximum Gasteiger partial charge on any atom is 0.305 e. The summed E-state index contributed by atoms with van der Waals surface area (Å²) < 4.78 is 5.28. The number of carbonyl (C=O) groups excluding carboxylic acids is 1. The van der Waals surface area contributed by atoms with Crippen LogP contribution in [0.1, 0.15) is 17.7 Å². The number of nitrogens with zero attached hydrogens (tertiary/aromatic N) is 3. The number of thioether (sulfide) groups is 2. The summed E-state index contributed by atoms with van der Waals surface area (Å²) >= 11 is 2.39. The van der Waals surface area contributed by atoms with E-state index in [2.05, 4.69) is 15.5 Å². The first-order valence-corrected chi connectivity index (χ1v) is 10.0. The summed E-state index contributed by atoms with van der Waals surface area (Å²) in [5, 5.41) is 29.5. The number of rotatable bonds is 8. The van der Waals surface area contributed by atoms with Gasteiger partial charge in [0.05, 0.1) is 29.6 Å². The number of hydrogen-bond donors (Lipinski definition) is 2. The van der Waals surface area contributed by atoms with Crippen molar-refractivity contribution in [2.45, 2.75) is 22.3 Å². The minimum Gasteiger partial charge on any atom is -0.481 e. The number of nitro groups is 1. The molecular weight excluding hydrogens is 420 g/mol. The van der Waals surface area contributed by atoms with Crippen LogP contribution < -0.4 is 5.32 Å². The minimum atomic E-state index is -1.09. The molecular formula is C17H14N4O6S2. The fraction of sp³-hybridized carbons (Fsp3) is 0.176. The van der Waals surface area contributed by atoms with Crippen molar-refractivity contribution in [2.24, 2.45) is 10.2 Å². The van der Waals surface area contributed by atoms with Crippen LogP contribution in [0, 0.1) is 10.1 Å². The maximum atomic E-state index is 11.7. The summed E-state index contributed by atoms with van der Waals surface area (Å²) in [5.74, 6) is -0.247. The number of carboxylic acid groups (broad SMARTS) is 1. The van der Waals surface area contributed by atoms with Crippen LogP contribution in [0.3, 0.4) is 0 Å². The summed E-state index contributed by atoms with van der Waals surface area (Å²) in [6.07, 6.45) is 2.59. The topological polar surface area (TPSA) is 147 Å². The SMILES string of the molecule is O=C(O)CC1SC(=NN=Cc2cc([N+](=O)[O-])ccc2SCc2ccco2)NC1=O. The number of benzene rings is 1. The summed E-state index contributed by atoms with van der Waals surface area (Å²) in [6.45, 7) is 0. The minimum absolute atomic E-state index is 0.0912. The molecule has 3 rings (SSSR count). The number of non-ortho nitro benzene ring substituents is 1. The van der Waals surface area contributed by atoms with Gasteiger partial charge in [-0.1, -0.05) is 11.8 Å². The third kappa shape index (κ3) is 5.68. The Bertz CT molecular complexity index is 990. The van der Waals surface area contributed by atoms with E-state index >= 15 is 0 Å². The van der Waals surface area contributed by atoms with Crippen molar-refractivity contribution in [3.05, 3.63) is 58.0 Å². The van der Waals surface area contributed by atoms with Gasteiger partial charge in [-0.3, -0.25) is 19.7 Å². The Labute approximate surface area is 172 Å². The third-order valence-electron chi connectivity index (χ3n) is 3.64. The molecule has 1 aromatic heterocycles. The normalized spacial score (nSPS) is 17.7. The Morgan fingerprint density at radius 2 is 2.28 bits per heavy atom. The van der Waals surface area contributed by atoms with Crippen molar-refractivity contribution in [3.63, 3.8) is 0 Å². The number of nitro benzene ring substituents is 1. The molecule has 10 nitrogen and oxygen atoms in total. The van der Waals surface area contributed by atoms with E-state index in [1.807, 2.05) is 6.07 Å². The molecule has 2 heterocycles. The summed E-state index contributed by atoms with van der Waals surface area (Å²) in [6, 6.07) is 8.00. The van der Waals surface area contributed by atoms with Crippen LogP contribution in [0.15, 0.2) is 56.1 Å². The Morgan fingerprint density at radius 3 is 2.97 bits per heavy atom. The molecule has 1 unspecified atom stereocenters. The van der Waals surface area contributed by atoms with Crippen molar-refractivity contribution in [2.75, 3.05) is 0 Å². The number of aliphatic carboxylic acids is 1. The first kappa shape index (κ1) is 20.6. The predicted octanol–water partition coefficient (Wildman–Crippen LogP) is 2.88. The Hall–Kier alpha value is -3.12. The summed E-state index contributed by atoms with van der Waals surface area (Å²) in [5.41, 5.74) is 0.392. The molecule has 1 atom stereocenters. The lowest BCUT2D eigenvalue weighted by atomic mass is 10.2. The molecule has 0 saturated carbocycles. The van der Waals surface area contributed by atoms with Gasteiger partial charge in [0, 0.05) is 22.6 Å². The number of carboxylic acids is 1. The molecule has 2 aromatic rings. The van der Waals surface area contributed by atoms with Crippen LogP contribution >= 0.6 is 23.5 Å². The molecule has 1 aromatic carbocycles. The number of amidine groups is 1. The molecule has 1 fully saturated rings. The van der Waals surface area contributed by atoms with Crippen LogP contribution in [-0.2, 0) is 15.3 Å². The van der Waals surface area contributed by atoms with Gasteiger partial charge in [0.15, 0.2) is 5.17 Å². The largest absolute Gasteiger partial charge is 0.481 e. The third-order valence-corrected chi connectivity index (χ3v) is 5.82. The van der Waals surface area contributed by atoms with E-state index in [9.17, 15) is 19.7 Å². The molecule has 150 valence electrons. The van der Waals surface area contributed by atoms with Crippen molar-refractivity contribution >= 4 is 52.5 Å². The highest BCUT2D eigenvalue weighted by Gasteiger charge is 2.32. The zero-order chi connectivity index (χ0) is 20.8. The van der Waals surface area contributed by atoms with Crippen molar-refractivity contribution in [1.29, 1.82) is 0 Å². The molecule has 1 amide bonds. The van der Waals surface area contributed by atoms with Crippen LogP contribution in [0.2, 0.25) is 0 Å². The van der Waals surface area contributed by atoms with Crippen LogP contribution in [0.25, 0.3) is 0 Å². The van der Waals surface area contributed by atoms with E-state index in [0.29, 0.717) is 11.3 Å². The number of amides is 1. The zero-order valence-electron chi connectivity index (χ0n) is 14.7. The number of carbonyl (C=O) groups is 2. The fourth-order valence-corrected chi connectivity index (χ4v) is 4.13. The Morgan fingerprint density at radius 1 is 1.45 bits per heavy atom. The summed E-state index contributed by atoms with van der Waals surface area (Å²) in [7, 11) is 0. The fourth-order valence-electron chi connectivity index (χ4n) is 2.31. The van der Waals surface area contributed by atoms with Gasteiger partial charge >= 0.3 is 5.97 Å². The van der Waals surface area contributed by atoms with E-state index in [1.165, 1.54) is 30.1 Å². The average Bonchev–Trinajstić information content (AvgIpc) is 3.30. The quantitative estimate of drug-likeness (QED) is 0.279. The molecule has 12 heteroatoms. The van der Waals surface area contributed by atoms with Gasteiger partial charge in [0.1, 0.15) is 11.0 Å². The molecule has 29 heavy (non-hydrogen) atoms. The van der Waals surface area contributed by atoms with Crippen molar-refractivity contribution in [1.82, 2.24) is 5.32 Å². The van der Waals surface area contributed by atoms with Crippen molar-refractivity contribution < 1.29 is 24.0 Å². The van der Waals surface area contributed by atoms with E-state index in [1.54, 1.807) is 18.4 Å². The highest BCUT2D eigenvalue weighted by molar-refractivity contribution is 8.15. The first-order valence-electron chi connectivity index (χ1n) is 8.16. The van der Waals surface area contributed by atoms with Crippen LogP contribution in [0.5, 0.6) is 0 Å². The van der Waals surface area contributed by atoms with Gasteiger partial charge in [-0.05, 0) is 18.2 Å². The molecule has 1 aliphatic heterocycles. The first-order chi connectivity index (χ1) is 13.9. The standard InChI is InChI=1S/C17H14N4O6S2/c22-15(23)7-14-16(24)19-17(29-14)20-18-8-10-6-11(21(25)26)3-4-13(10)28-9-12-2-1-5-27-12/h1-6,8,14H,7,9H2,(H,22,23)(H,19,20,24). The predicted molar refractivity (Wildman–Crippen MR) is 108 cm³/mol. The lowest BCUT2D eigenvalue weighted by molar-refractivity contribution is -0.384. The molecule has 1 saturated heterocycles. The zero-order valence-corrected chi connectivity index (χ0v) is 16.3. The van der Waals surface area contributed by atoms with Crippen molar-refractivity contribution in [3.8, 4) is 0 Å². The number of nitrogens with one attached hydrogen (secondary N) is 1. The molecule has 0 bridgehead atoms. The second kappa shape index (κ2) is 9.39. The number of hydrogen-bond acceptors (Lipinski definition) is 9. The molecule has 1 aliphatic rings. The van der Waals surface area contributed by atoms with E-state index in [-0.39, 0.29) is 17.3 Å². The molecule has 2 N–H and O–H groups in total. The van der Waals surface area contributed by atoms with Gasteiger partial charge in [0.2, 0.25) is 5.91 Å².